The fourth-order valence-electron chi connectivity index (χ4n) is 2.32. The lowest BCUT2D eigenvalue weighted by molar-refractivity contribution is 1.16. The molecule has 3 aromatic carbocycles. The molecular formula is C17H11BrCl2. The SMILES string of the molecule is Clc1ccc(C(Cl)c2ccc(Br)cc2)c2ccccc12. The topological polar surface area (TPSA) is 0 Å². The molecule has 3 rings (SSSR count). The van der Waals surface area contributed by atoms with E-state index in [1.54, 1.807) is 0 Å². The first-order chi connectivity index (χ1) is 9.66. The Morgan fingerprint density at radius 3 is 2.15 bits per heavy atom. The average Bonchev–Trinajstić information content (AvgIpc) is 2.48. The number of halogens is 3. The maximum absolute atomic E-state index is 6.66. The third-order valence-electron chi connectivity index (χ3n) is 3.34. The van der Waals surface area contributed by atoms with Crippen molar-refractivity contribution in [2.45, 2.75) is 5.38 Å². The molecule has 0 saturated heterocycles. The molecule has 100 valence electrons. The predicted octanol–water partition coefficient (Wildman–Crippen LogP) is 6.58. The molecule has 0 nitrogen and oxygen atoms in total. The number of hydrogen-bond acceptors (Lipinski definition) is 0. The van der Waals surface area contributed by atoms with Crippen LogP contribution in [0, 0.1) is 0 Å². The second-order valence-electron chi connectivity index (χ2n) is 4.60. The summed E-state index contributed by atoms with van der Waals surface area (Å²) in [5, 5.41) is 2.70. The number of benzene rings is 3. The van der Waals surface area contributed by atoms with Crippen LogP contribution in [0.15, 0.2) is 65.1 Å². The van der Waals surface area contributed by atoms with Gasteiger partial charge in [-0.3, -0.25) is 0 Å². The van der Waals surface area contributed by atoms with Gasteiger partial charge in [-0.15, -0.1) is 11.6 Å². The van der Waals surface area contributed by atoms with Crippen LogP contribution in [0.3, 0.4) is 0 Å². The molecule has 0 aliphatic carbocycles. The highest BCUT2D eigenvalue weighted by Gasteiger charge is 2.14. The van der Waals surface area contributed by atoms with Gasteiger partial charge in [-0.1, -0.05) is 70.0 Å². The van der Waals surface area contributed by atoms with E-state index in [1.807, 2.05) is 54.6 Å². The van der Waals surface area contributed by atoms with Gasteiger partial charge in [0.25, 0.3) is 0 Å². The first-order valence-electron chi connectivity index (χ1n) is 6.23. The maximum atomic E-state index is 6.66. The van der Waals surface area contributed by atoms with E-state index in [-0.39, 0.29) is 5.38 Å². The van der Waals surface area contributed by atoms with Gasteiger partial charge in [0.2, 0.25) is 0 Å². The van der Waals surface area contributed by atoms with Crippen molar-refractivity contribution in [3.8, 4) is 0 Å². The summed E-state index contributed by atoms with van der Waals surface area (Å²) in [4.78, 5) is 0. The zero-order chi connectivity index (χ0) is 14.1. The molecule has 3 heteroatoms. The first kappa shape index (κ1) is 13.9. The van der Waals surface area contributed by atoms with E-state index in [4.69, 9.17) is 23.2 Å². The third kappa shape index (κ3) is 2.58. The molecule has 20 heavy (non-hydrogen) atoms. The van der Waals surface area contributed by atoms with Crippen LogP contribution in [0.5, 0.6) is 0 Å². The summed E-state index contributed by atoms with van der Waals surface area (Å²) >= 11 is 16.3. The number of rotatable bonds is 2. The lowest BCUT2D eigenvalue weighted by Gasteiger charge is -2.14. The molecule has 0 amide bonds. The van der Waals surface area contributed by atoms with Gasteiger partial charge >= 0.3 is 0 Å². The highest BCUT2D eigenvalue weighted by molar-refractivity contribution is 9.10. The van der Waals surface area contributed by atoms with Gasteiger partial charge in [-0.25, -0.2) is 0 Å². The van der Waals surface area contributed by atoms with E-state index in [9.17, 15) is 0 Å². The van der Waals surface area contributed by atoms with Gasteiger partial charge in [0.05, 0.1) is 5.38 Å². The number of hydrogen-bond donors (Lipinski definition) is 0. The molecule has 0 spiro atoms. The van der Waals surface area contributed by atoms with Crippen LogP contribution >= 0.6 is 39.1 Å². The summed E-state index contributed by atoms with van der Waals surface area (Å²) < 4.78 is 1.05. The van der Waals surface area contributed by atoms with Crippen molar-refractivity contribution in [1.29, 1.82) is 0 Å². The summed E-state index contributed by atoms with van der Waals surface area (Å²) in [6.45, 7) is 0. The van der Waals surface area contributed by atoms with Crippen LogP contribution in [0.1, 0.15) is 16.5 Å². The minimum Gasteiger partial charge on any atom is -0.113 e. The molecule has 1 unspecified atom stereocenters. The average molecular weight is 366 g/mol. The number of fused-ring (bicyclic) bond motifs is 1. The highest BCUT2D eigenvalue weighted by atomic mass is 79.9. The second kappa shape index (κ2) is 5.77. The van der Waals surface area contributed by atoms with Gasteiger partial charge in [-0.05, 0) is 34.7 Å². The molecule has 0 fully saturated rings. The molecule has 0 bridgehead atoms. The fraction of sp³-hybridized carbons (Fsp3) is 0.0588. The molecule has 3 aromatic rings. The van der Waals surface area contributed by atoms with E-state index >= 15 is 0 Å². The highest BCUT2D eigenvalue weighted by Crippen LogP contribution is 2.36. The van der Waals surface area contributed by atoms with Crippen molar-refractivity contribution >= 4 is 49.9 Å². The summed E-state index contributed by atoms with van der Waals surface area (Å²) in [5.41, 5.74) is 2.15. The minimum absolute atomic E-state index is 0.190. The van der Waals surface area contributed by atoms with Gasteiger partial charge in [-0.2, -0.15) is 0 Å². The monoisotopic (exact) mass is 364 g/mol. The van der Waals surface area contributed by atoms with E-state index in [0.29, 0.717) is 0 Å². The van der Waals surface area contributed by atoms with E-state index in [1.165, 1.54) is 0 Å². The Balaban J connectivity index is 2.14. The largest absolute Gasteiger partial charge is 0.113 e. The smallest absolute Gasteiger partial charge is 0.0841 e. The Bertz CT molecular complexity index is 751. The maximum Gasteiger partial charge on any atom is 0.0841 e. The molecule has 0 aromatic heterocycles. The number of alkyl halides is 1. The van der Waals surface area contributed by atoms with Gasteiger partial charge in [0.1, 0.15) is 0 Å². The first-order valence-corrected chi connectivity index (χ1v) is 7.84. The van der Waals surface area contributed by atoms with E-state index in [2.05, 4.69) is 22.0 Å². The molecule has 0 saturated carbocycles. The van der Waals surface area contributed by atoms with Crippen LogP contribution in [0.25, 0.3) is 10.8 Å². The van der Waals surface area contributed by atoms with Crippen molar-refractivity contribution in [1.82, 2.24) is 0 Å². The Labute approximate surface area is 136 Å². The molecule has 0 N–H and O–H groups in total. The van der Waals surface area contributed by atoms with Crippen molar-refractivity contribution in [3.05, 3.63) is 81.3 Å². The van der Waals surface area contributed by atoms with Crippen molar-refractivity contribution in [3.63, 3.8) is 0 Å². The lowest BCUT2D eigenvalue weighted by Crippen LogP contribution is -1.94. The molecular weight excluding hydrogens is 355 g/mol. The standard InChI is InChI=1S/C17H11BrCl2/c18-12-7-5-11(6-8-12)17(20)15-9-10-16(19)14-4-2-1-3-13(14)15/h1-10,17H. The quantitative estimate of drug-likeness (QED) is 0.449. The normalized spacial score (nSPS) is 12.6. The van der Waals surface area contributed by atoms with Crippen molar-refractivity contribution < 1.29 is 0 Å². The predicted molar refractivity (Wildman–Crippen MR) is 90.8 cm³/mol. The summed E-state index contributed by atoms with van der Waals surface area (Å²) in [7, 11) is 0. The van der Waals surface area contributed by atoms with Crippen LogP contribution in [0.2, 0.25) is 5.02 Å². The van der Waals surface area contributed by atoms with Gasteiger partial charge < -0.3 is 0 Å². The lowest BCUT2D eigenvalue weighted by atomic mass is 9.98. The molecule has 0 radical (unpaired) electrons. The van der Waals surface area contributed by atoms with Gasteiger partial charge in [0, 0.05) is 14.9 Å². The molecule has 1 atom stereocenters. The summed E-state index contributed by atoms with van der Waals surface area (Å²) in [6.07, 6.45) is 0. The third-order valence-corrected chi connectivity index (χ3v) is 4.69. The van der Waals surface area contributed by atoms with Crippen molar-refractivity contribution in [2.75, 3.05) is 0 Å². The minimum atomic E-state index is -0.190. The van der Waals surface area contributed by atoms with Crippen molar-refractivity contribution in [2.24, 2.45) is 0 Å². The van der Waals surface area contributed by atoms with Crippen LogP contribution in [-0.4, -0.2) is 0 Å². The molecule has 0 aliphatic rings. The van der Waals surface area contributed by atoms with E-state index < -0.39 is 0 Å². The summed E-state index contributed by atoms with van der Waals surface area (Å²) in [6, 6.07) is 20.1. The Hall–Kier alpha value is -1.02. The second-order valence-corrected chi connectivity index (χ2v) is 6.36. The van der Waals surface area contributed by atoms with Crippen LogP contribution < -0.4 is 0 Å². The van der Waals surface area contributed by atoms with Gasteiger partial charge in [0.15, 0.2) is 0 Å². The summed E-state index contributed by atoms with van der Waals surface area (Å²) in [5.74, 6) is 0. The Kier molecular flexibility index (Phi) is 4.02. The molecule has 0 aliphatic heterocycles. The zero-order valence-electron chi connectivity index (χ0n) is 10.5. The molecule has 0 heterocycles. The van der Waals surface area contributed by atoms with E-state index in [0.717, 1.165) is 31.4 Å². The Morgan fingerprint density at radius 1 is 0.800 bits per heavy atom. The van der Waals surface area contributed by atoms with Crippen LogP contribution in [0.4, 0.5) is 0 Å². The fourth-order valence-corrected chi connectivity index (χ4v) is 3.15. The zero-order valence-corrected chi connectivity index (χ0v) is 13.6. The Morgan fingerprint density at radius 2 is 1.45 bits per heavy atom. The van der Waals surface area contributed by atoms with Crippen LogP contribution in [-0.2, 0) is 0 Å².